The predicted molar refractivity (Wildman–Crippen MR) is 86.1 cm³/mol. The predicted octanol–water partition coefficient (Wildman–Crippen LogP) is 0.600. The maximum Gasteiger partial charge on any atom is 0.311 e. The summed E-state index contributed by atoms with van der Waals surface area (Å²) in [5.74, 6) is -0.513. The van der Waals surface area contributed by atoms with E-state index >= 15 is 0 Å². The van der Waals surface area contributed by atoms with Gasteiger partial charge in [0.25, 0.3) is 0 Å². The van der Waals surface area contributed by atoms with E-state index in [9.17, 15) is 4.79 Å². The Morgan fingerprint density at radius 3 is 2.54 bits per heavy atom. The molecule has 0 radical (unpaired) electrons. The van der Waals surface area contributed by atoms with Gasteiger partial charge in [0.2, 0.25) is 11.8 Å². The molecule has 2 heterocycles. The molecule has 24 heavy (non-hydrogen) atoms. The van der Waals surface area contributed by atoms with Crippen LogP contribution in [0.5, 0.6) is 5.88 Å². The number of hydrogen-bond donors (Lipinski definition) is 4. The number of H-pyrrole nitrogens is 1. The van der Waals surface area contributed by atoms with Crippen molar-refractivity contribution >= 4 is 23.1 Å². The number of nitrogen functional groups attached to an aromatic ring is 1. The van der Waals surface area contributed by atoms with Gasteiger partial charge in [-0.15, -0.1) is 0 Å². The molecule has 0 atom stereocenters. The van der Waals surface area contributed by atoms with Gasteiger partial charge in [-0.05, 0) is 11.1 Å². The lowest BCUT2D eigenvalue weighted by molar-refractivity contribution is -0.136. The normalized spacial score (nSPS) is 10.9. The van der Waals surface area contributed by atoms with E-state index in [1.54, 1.807) is 0 Å². The summed E-state index contributed by atoms with van der Waals surface area (Å²) in [6, 6.07) is 7.66. The van der Waals surface area contributed by atoms with Gasteiger partial charge in [-0.1, -0.05) is 24.3 Å². The maximum atomic E-state index is 10.8. The van der Waals surface area contributed by atoms with E-state index in [1.807, 2.05) is 24.3 Å². The lowest BCUT2D eigenvalue weighted by atomic mass is 10.1. The molecule has 3 aromatic rings. The quantitative estimate of drug-likeness (QED) is 0.513. The zero-order valence-electron chi connectivity index (χ0n) is 12.7. The largest absolute Gasteiger partial charge is 0.481 e. The van der Waals surface area contributed by atoms with Crippen LogP contribution in [0, 0.1) is 0 Å². The summed E-state index contributed by atoms with van der Waals surface area (Å²) in [7, 11) is 0. The summed E-state index contributed by atoms with van der Waals surface area (Å²) in [6.07, 6.45) is -0.254. The number of hydrogen-bond acceptors (Lipinski definition) is 7. The number of nitrogens with two attached hydrogens (primary N) is 2. The Hall–Kier alpha value is -3.20. The number of carboxylic acid groups (broad SMARTS) is 1. The van der Waals surface area contributed by atoms with Crippen molar-refractivity contribution in [3.05, 3.63) is 41.2 Å². The Morgan fingerprint density at radius 1 is 1.17 bits per heavy atom. The van der Waals surface area contributed by atoms with Crippen molar-refractivity contribution in [2.45, 2.75) is 19.6 Å². The highest BCUT2D eigenvalue weighted by molar-refractivity contribution is 5.79. The number of imidazole rings is 1. The third-order valence-corrected chi connectivity index (χ3v) is 3.34. The molecule has 0 spiro atoms. The van der Waals surface area contributed by atoms with Crippen LogP contribution >= 0.6 is 0 Å². The third kappa shape index (κ3) is 3.41. The molecule has 0 aliphatic carbocycles. The van der Waals surface area contributed by atoms with E-state index < -0.39 is 5.97 Å². The van der Waals surface area contributed by atoms with Crippen LogP contribution in [0.15, 0.2) is 24.3 Å². The molecule has 6 N–H and O–H groups in total. The molecule has 0 amide bonds. The van der Waals surface area contributed by atoms with Crippen molar-refractivity contribution in [3.63, 3.8) is 0 Å². The van der Waals surface area contributed by atoms with E-state index in [4.69, 9.17) is 21.3 Å². The first kappa shape index (κ1) is 15.7. The lowest BCUT2D eigenvalue weighted by Crippen LogP contribution is -2.03. The average molecular weight is 328 g/mol. The van der Waals surface area contributed by atoms with Gasteiger partial charge < -0.3 is 26.3 Å². The number of benzene rings is 1. The molecule has 9 heteroatoms. The molecule has 0 fully saturated rings. The van der Waals surface area contributed by atoms with Crippen LogP contribution in [0.4, 0.5) is 5.95 Å². The molecule has 0 unspecified atom stereocenters. The van der Waals surface area contributed by atoms with Crippen molar-refractivity contribution < 1.29 is 14.6 Å². The SMILES string of the molecule is NCc1ccc(COc2nc(N)nc3nc(CC(=O)O)[nH]c23)cc1. The van der Waals surface area contributed by atoms with E-state index in [0.717, 1.165) is 11.1 Å². The van der Waals surface area contributed by atoms with Gasteiger partial charge in [0.05, 0.1) is 0 Å². The van der Waals surface area contributed by atoms with Crippen LogP contribution in [-0.4, -0.2) is 31.0 Å². The second-order valence-electron chi connectivity index (χ2n) is 5.15. The zero-order valence-corrected chi connectivity index (χ0v) is 12.7. The molecule has 1 aromatic carbocycles. The second-order valence-corrected chi connectivity index (χ2v) is 5.15. The molecular weight excluding hydrogens is 312 g/mol. The first-order chi connectivity index (χ1) is 11.5. The molecule has 0 saturated carbocycles. The highest BCUT2D eigenvalue weighted by atomic mass is 16.5. The van der Waals surface area contributed by atoms with E-state index in [2.05, 4.69) is 19.9 Å². The highest BCUT2D eigenvalue weighted by Gasteiger charge is 2.14. The summed E-state index contributed by atoms with van der Waals surface area (Å²) in [4.78, 5) is 25.8. The van der Waals surface area contributed by atoms with Crippen molar-refractivity contribution in [2.24, 2.45) is 5.73 Å². The highest BCUT2D eigenvalue weighted by Crippen LogP contribution is 2.22. The van der Waals surface area contributed by atoms with Crippen LogP contribution in [0.2, 0.25) is 0 Å². The number of anilines is 1. The zero-order chi connectivity index (χ0) is 17.1. The summed E-state index contributed by atoms with van der Waals surface area (Å²) in [5, 5.41) is 8.85. The second kappa shape index (κ2) is 6.50. The number of aromatic nitrogens is 4. The fourth-order valence-corrected chi connectivity index (χ4v) is 2.19. The molecule has 0 aliphatic rings. The first-order valence-corrected chi connectivity index (χ1v) is 7.19. The first-order valence-electron chi connectivity index (χ1n) is 7.19. The van der Waals surface area contributed by atoms with Crippen LogP contribution in [-0.2, 0) is 24.4 Å². The number of nitrogens with zero attached hydrogens (tertiary/aromatic N) is 3. The lowest BCUT2D eigenvalue weighted by Gasteiger charge is -2.07. The van der Waals surface area contributed by atoms with Gasteiger partial charge in [-0.25, -0.2) is 4.98 Å². The standard InChI is InChI=1S/C15H16N6O3/c16-6-8-1-3-9(4-2-8)7-24-14-12-13(20-15(17)21-14)19-10(18-12)5-11(22)23/h1-4H,5-7,16H2,(H,22,23)(H3,17,18,19,20,21). The van der Waals surface area contributed by atoms with E-state index in [1.165, 1.54) is 0 Å². The van der Waals surface area contributed by atoms with Gasteiger partial charge >= 0.3 is 5.97 Å². The molecule has 9 nitrogen and oxygen atoms in total. The molecule has 0 aliphatic heterocycles. The number of carbonyl (C=O) groups is 1. The molecule has 0 bridgehead atoms. The Labute approximate surface area is 136 Å². The average Bonchev–Trinajstić information content (AvgIpc) is 2.94. The van der Waals surface area contributed by atoms with Gasteiger partial charge in [0, 0.05) is 6.54 Å². The summed E-state index contributed by atoms with van der Waals surface area (Å²) in [5.41, 5.74) is 13.9. The number of rotatable bonds is 6. The minimum absolute atomic E-state index is 0.00403. The number of nitrogens with one attached hydrogen (secondary N) is 1. The van der Waals surface area contributed by atoms with Gasteiger partial charge in [0.1, 0.15) is 24.4 Å². The molecule has 3 rings (SSSR count). The van der Waals surface area contributed by atoms with Gasteiger partial charge in [-0.3, -0.25) is 4.79 Å². The minimum atomic E-state index is -1.00. The Bertz CT molecular complexity index is 875. The van der Waals surface area contributed by atoms with E-state index in [0.29, 0.717) is 12.1 Å². The summed E-state index contributed by atoms with van der Waals surface area (Å²) < 4.78 is 5.70. The topological polar surface area (TPSA) is 153 Å². The molecule has 124 valence electrons. The molecule has 0 saturated heterocycles. The van der Waals surface area contributed by atoms with E-state index in [-0.39, 0.29) is 36.3 Å². The third-order valence-electron chi connectivity index (χ3n) is 3.34. The number of aliphatic carboxylic acids is 1. The minimum Gasteiger partial charge on any atom is -0.481 e. The van der Waals surface area contributed by atoms with Gasteiger partial charge in [-0.2, -0.15) is 9.97 Å². The van der Waals surface area contributed by atoms with Gasteiger partial charge in [0.15, 0.2) is 5.65 Å². The Balaban J connectivity index is 1.84. The maximum absolute atomic E-state index is 10.8. The van der Waals surface area contributed by atoms with Crippen LogP contribution in [0.25, 0.3) is 11.2 Å². The molecular formula is C15H16N6O3. The smallest absolute Gasteiger partial charge is 0.311 e. The number of aromatic amines is 1. The van der Waals surface area contributed by atoms with Crippen molar-refractivity contribution in [2.75, 3.05) is 5.73 Å². The number of fused-ring (bicyclic) bond motifs is 1. The van der Waals surface area contributed by atoms with Crippen molar-refractivity contribution in [1.29, 1.82) is 0 Å². The number of carboxylic acids is 1. The van der Waals surface area contributed by atoms with Crippen LogP contribution in [0.3, 0.4) is 0 Å². The fourth-order valence-electron chi connectivity index (χ4n) is 2.19. The Kier molecular flexibility index (Phi) is 4.25. The van der Waals surface area contributed by atoms with Crippen molar-refractivity contribution in [3.8, 4) is 5.88 Å². The number of ether oxygens (including phenoxy) is 1. The fraction of sp³-hybridized carbons (Fsp3) is 0.200. The van der Waals surface area contributed by atoms with Crippen molar-refractivity contribution in [1.82, 2.24) is 19.9 Å². The van der Waals surface area contributed by atoms with Crippen LogP contribution in [0.1, 0.15) is 17.0 Å². The van der Waals surface area contributed by atoms with Crippen LogP contribution < -0.4 is 16.2 Å². The molecule has 2 aromatic heterocycles. The summed E-state index contributed by atoms with van der Waals surface area (Å²) in [6.45, 7) is 0.744. The summed E-state index contributed by atoms with van der Waals surface area (Å²) >= 11 is 0. The Morgan fingerprint density at radius 2 is 1.88 bits per heavy atom. The monoisotopic (exact) mass is 328 g/mol.